The van der Waals surface area contributed by atoms with Gasteiger partial charge in [0.25, 0.3) is 11.5 Å². The van der Waals surface area contributed by atoms with Crippen LogP contribution >= 0.6 is 11.3 Å². The molecule has 1 aliphatic rings. The number of carbonyl (C=O) groups is 1. The Kier molecular flexibility index (Phi) is 4.81. The molecular weight excluding hydrogens is 362 g/mol. The smallest absolute Gasteiger partial charge is 0.264 e. The van der Waals surface area contributed by atoms with E-state index in [1.807, 2.05) is 24.4 Å². The summed E-state index contributed by atoms with van der Waals surface area (Å²) in [6.07, 6.45) is 7.68. The number of hydrogen-bond donors (Lipinski definition) is 1. The maximum atomic E-state index is 13.1. The molecule has 0 bridgehead atoms. The Labute approximate surface area is 160 Å². The summed E-state index contributed by atoms with van der Waals surface area (Å²) in [7, 11) is 0. The standard InChI is InChI=1S/C19H19N5O2S/c1-12-22-15(11-27-12)17-21-10-14(18(25)23-17)19(26)24-8-3-2-6-16(24)13-5-4-7-20-9-13/h4-5,7,9-11,16H,2-3,6,8H2,1H3,(H,21,23,25). The normalized spacial score (nSPS) is 17.1. The van der Waals surface area contributed by atoms with Crippen LogP contribution in [-0.4, -0.2) is 37.3 Å². The van der Waals surface area contributed by atoms with Gasteiger partial charge in [-0.15, -0.1) is 11.3 Å². The summed E-state index contributed by atoms with van der Waals surface area (Å²) in [6, 6.07) is 3.77. The first-order valence-electron chi connectivity index (χ1n) is 8.86. The Hall–Kier alpha value is -2.87. The number of H-pyrrole nitrogens is 1. The number of nitrogens with zero attached hydrogens (tertiary/aromatic N) is 4. The van der Waals surface area contributed by atoms with E-state index in [9.17, 15) is 9.59 Å². The monoisotopic (exact) mass is 381 g/mol. The Morgan fingerprint density at radius 2 is 2.22 bits per heavy atom. The number of pyridine rings is 1. The van der Waals surface area contributed by atoms with E-state index in [4.69, 9.17) is 0 Å². The van der Waals surface area contributed by atoms with Crippen molar-refractivity contribution in [1.29, 1.82) is 0 Å². The number of aromatic nitrogens is 4. The fourth-order valence-corrected chi connectivity index (χ4v) is 4.00. The highest BCUT2D eigenvalue weighted by Gasteiger charge is 2.30. The fourth-order valence-electron chi connectivity index (χ4n) is 3.40. The van der Waals surface area contributed by atoms with Gasteiger partial charge < -0.3 is 9.88 Å². The molecule has 1 unspecified atom stereocenters. The van der Waals surface area contributed by atoms with Gasteiger partial charge in [-0.25, -0.2) is 9.97 Å². The number of rotatable bonds is 3. The Bertz CT molecular complexity index is 1010. The van der Waals surface area contributed by atoms with E-state index in [-0.39, 0.29) is 17.5 Å². The highest BCUT2D eigenvalue weighted by Crippen LogP contribution is 2.31. The number of thiazole rings is 1. The predicted octanol–water partition coefficient (Wildman–Crippen LogP) is 2.96. The van der Waals surface area contributed by atoms with Crippen molar-refractivity contribution >= 4 is 17.2 Å². The summed E-state index contributed by atoms with van der Waals surface area (Å²) in [5.74, 6) is 0.0849. The van der Waals surface area contributed by atoms with Crippen LogP contribution in [0.2, 0.25) is 0 Å². The molecule has 7 nitrogen and oxygen atoms in total. The highest BCUT2D eigenvalue weighted by atomic mass is 32.1. The van der Waals surface area contributed by atoms with Crippen LogP contribution in [0.25, 0.3) is 11.5 Å². The van der Waals surface area contributed by atoms with Gasteiger partial charge in [0, 0.05) is 30.5 Å². The third-order valence-corrected chi connectivity index (χ3v) is 5.50. The van der Waals surface area contributed by atoms with Crippen molar-refractivity contribution in [2.75, 3.05) is 6.54 Å². The minimum Gasteiger partial charge on any atom is -0.331 e. The first kappa shape index (κ1) is 17.5. The number of hydrogen-bond acceptors (Lipinski definition) is 6. The summed E-state index contributed by atoms with van der Waals surface area (Å²) in [6.45, 7) is 2.50. The number of carbonyl (C=O) groups excluding carboxylic acids is 1. The number of aryl methyl sites for hydroxylation is 1. The van der Waals surface area contributed by atoms with Crippen LogP contribution in [0.1, 0.15) is 46.2 Å². The van der Waals surface area contributed by atoms with E-state index >= 15 is 0 Å². The Balaban J connectivity index is 1.64. The third kappa shape index (κ3) is 3.52. The Morgan fingerprint density at radius 1 is 1.33 bits per heavy atom. The first-order chi connectivity index (χ1) is 13.1. The molecule has 3 aromatic heterocycles. The average molecular weight is 381 g/mol. The molecule has 0 spiro atoms. The maximum Gasteiger partial charge on any atom is 0.264 e. The van der Waals surface area contributed by atoms with Gasteiger partial charge >= 0.3 is 0 Å². The van der Waals surface area contributed by atoms with Crippen LogP contribution in [0.3, 0.4) is 0 Å². The number of aromatic amines is 1. The zero-order valence-corrected chi connectivity index (χ0v) is 15.7. The van der Waals surface area contributed by atoms with Gasteiger partial charge in [0.05, 0.1) is 11.0 Å². The summed E-state index contributed by atoms with van der Waals surface area (Å²) in [4.78, 5) is 42.9. The average Bonchev–Trinajstić information content (AvgIpc) is 3.14. The van der Waals surface area contributed by atoms with E-state index in [0.29, 0.717) is 18.1 Å². The van der Waals surface area contributed by atoms with Crippen molar-refractivity contribution in [3.63, 3.8) is 0 Å². The molecule has 1 N–H and O–H groups in total. The maximum absolute atomic E-state index is 13.1. The molecule has 4 rings (SSSR count). The van der Waals surface area contributed by atoms with E-state index in [1.165, 1.54) is 17.5 Å². The molecule has 4 heterocycles. The lowest BCUT2D eigenvalue weighted by molar-refractivity contribution is 0.0609. The lowest BCUT2D eigenvalue weighted by Crippen LogP contribution is -2.40. The van der Waals surface area contributed by atoms with Crippen LogP contribution in [0.5, 0.6) is 0 Å². The van der Waals surface area contributed by atoms with Crippen LogP contribution in [0.4, 0.5) is 0 Å². The SMILES string of the molecule is Cc1nc(-c2ncc(C(=O)N3CCCCC3c3cccnc3)c(=O)[nH]2)cs1. The lowest BCUT2D eigenvalue weighted by Gasteiger charge is -2.35. The Morgan fingerprint density at radius 3 is 2.93 bits per heavy atom. The molecule has 1 aliphatic heterocycles. The van der Waals surface area contributed by atoms with Crippen molar-refractivity contribution in [3.05, 3.63) is 62.6 Å². The summed E-state index contributed by atoms with van der Waals surface area (Å²) in [5.41, 5.74) is 1.22. The number of amides is 1. The molecule has 27 heavy (non-hydrogen) atoms. The molecule has 0 saturated carbocycles. The van der Waals surface area contributed by atoms with Crippen LogP contribution < -0.4 is 5.56 Å². The second-order valence-electron chi connectivity index (χ2n) is 6.52. The molecule has 8 heteroatoms. The first-order valence-corrected chi connectivity index (χ1v) is 9.74. The molecule has 3 aromatic rings. The van der Waals surface area contributed by atoms with Gasteiger partial charge in [-0.3, -0.25) is 14.6 Å². The zero-order chi connectivity index (χ0) is 18.8. The van der Waals surface area contributed by atoms with E-state index in [1.54, 1.807) is 17.3 Å². The van der Waals surface area contributed by atoms with Crippen LogP contribution in [-0.2, 0) is 0 Å². The van der Waals surface area contributed by atoms with Crippen molar-refractivity contribution in [3.8, 4) is 11.5 Å². The molecule has 0 aliphatic carbocycles. The molecular formula is C19H19N5O2S. The van der Waals surface area contributed by atoms with Gasteiger partial charge in [0.15, 0.2) is 5.82 Å². The summed E-state index contributed by atoms with van der Waals surface area (Å²) < 4.78 is 0. The van der Waals surface area contributed by atoms with Crippen molar-refractivity contribution in [1.82, 2.24) is 24.8 Å². The van der Waals surface area contributed by atoms with Crippen molar-refractivity contribution in [2.24, 2.45) is 0 Å². The number of likely N-dealkylation sites (tertiary alicyclic amines) is 1. The largest absolute Gasteiger partial charge is 0.331 e. The van der Waals surface area contributed by atoms with Gasteiger partial charge in [0.1, 0.15) is 11.3 Å². The van der Waals surface area contributed by atoms with Gasteiger partial charge in [-0.1, -0.05) is 6.07 Å². The van der Waals surface area contributed by atoms with E-state index < -0.39 is 5.56 Å². The second-order valence-corrected chi connectivity index (χ2v) is 7.59. The zero-order valence-electron chi connectivity index (χ0n) is 14.9. The highest BCUT2D eigenvalue weighted by molar-refractivity contribution is 7.09. The van der Waals surface area contributed by atoms with E-state index in [0.717, 1.165) is 29.8 Å². The number of nitrogens with one attached hydrogen (secondary N) is 1. The minimum atomic E-state index is -0.439. The second kappa shape index (κ2) is 7.40. The molecule has 1 saturated heterocycles. The third-order valence-electron chi connectivity index (χ3n) is 4.72. The molecule has 0 aromatic carbocycles. The van der Waals surface area contributed by atoms with Crippen LogP contribution in [0.15, 0.2) is 40.9 Å². The number of piperidine rings is 1. The van der Waals surface area contributed by atoms with Crippen molar-refractivity contribution in [2.45, 2.75) is 32.2 Å². The fraction of sp³-hybridized carbons (Fsp3) is 0.316. The van der Waals surface area contributed by atoms with Gasteiger partial charge in [-0.05, 0) is 37.8 Å². The van der Waals surface area contributed by atoms with E-state index in [2.05, 4.69) is 19.9 Å². The minimum absolute atomic E-state index is 0.0569. The van der Waals surface area contributed by atoms with Gasteiger partial charge in [-0.2, -0.15) is 0 Å². The quantitative estimate of drug-likeness (QED) is 0.753. The summed E-state index contributed by atoms with van der Waals surface area (Å²) in [5, 5.41) is 2.72. The molecule has 1 amide bonds. The molecule has 1 fully saturated rings. The predicted molar refractivity (Wildman–Crippen MR) is 103 cm³/mol. The lowest BCUT2D eigenvalue weighted by atomic mass is 9.96. The molecule has 0 radical (unpaired) electrons. The summed E-state index contributed by atoms with van der Waals surface area (Å²) >= 11 is 1.48. The molecule has 138 valence electrons. The van der Waals surface area contributed by atoms with Gasteiger partial charge in [0.2, 0.25) is 0 Å². The topological polar surface area (TPSA) is 91.8 Å². The van der Waals surface area contributed by atoms with Crippen LogP contribution in [0, 0.1) is 6.92 Å². The van der Waals surface area contributed by atoms with Crippen molar-refractivity contribution < 1.29 is 4.79 Å². The molecule has 1 atom stereocenters.